The van der Waals surface area contributed by atoms with E-state index in [4.69, 9.17) is 16.3 Å². The second-order valence-electron chi connectivity index (χ2n) is 9.28. The third-order valence-corrected chi connectivity index (χ3v) is 7.13. The molecule has 0 saturated carbocycles. The van der Waals surface area contributed by atoms with E-state index in [0.717, 1.165) is 4.68 Å². The summed E-state index contributed by atoms with van der Waals surface area (Å²) in [4.78, 5) is 39.9. The van der Waals surface area contributed by atoms with Crippen LogP contribution < -0.4 is 4.74 Å². The Bertz CT molecular complexity index is 1640. The van der Waals surface area contributed by atoms with Crippen molar-refractivity contribution in [2.45, 2.75) is 13.5 Å². The van der Waals surface area contributed by atoms with Gasteiger partial charge in [0, 0.05) is 47.2 Å². The number of hydrogen-bond acceptors (Lipinski definition) is 5. The lowest BCUT2D eigenvalue weighted by atomic mass is 9.99. The maximum atomic E-state index is 15.2. The molecule has 5 rings (SSSR count). The van der Waals surface area contributed by atoms with Crippen molar-refractivity contribution in [2.75, 3.05) is 26.7 Å². The highest BCUT2D eigenvalue weighted by atomic mass is 35.5. The summed E-state index contributed by atoms with van der Waals surface area (Å²) in [6.45, 7) is 2.41. The van der Waals surface area contributed by atoms with Crippen molar-refractivity contribution in [3.05, 3.63) is 82.3 Å². The maximum absolute atomic E-state index is 15.2. The molecule has 1 aliphatic heterocycles. The number of aryl methyl sites for hydroxylation is 1. The Morgan fingerprint density at radius 3 is 2.62 bits per heavy atom. The van der Waals surface area contributed by atoms with Crippen molar-refractivity contribution in [1.29, 1.82) is 0 Å². The molecule has 3 aromatic carbocycles. The maximum Gasteiger partial charge on any atom is 0.432 e. The van der Waals surface area contributed by atoms with E-state index in [1.54, 1.807) is 55.3 Å². The summed E-state index contributed by atoms with van der Waals surface area (Å²) in [5.74, 6) is -0.865. The fourth-order valence-electron chi connectivity index (χ4n) is 4.49. The number of aromatic nitrogens is 2. The summed E-state index contributed by atoms with van der Waals surface area (Å²) >= 11 is 6.40. The van der Waals surface area contributed by atoms with Crippen molar-refractivity contribution < 1.29 is 28.6 Å². The normalized spacial score (nSPS) is 13.7. The minimum absolute atomic E-state index is 0.0519. The molecule has 0 aliphatic carbocycles. The summed E-state index contributed by atoms with van der Waals surface area (Å²) in [7, 11) is 1.68. The average Bonchev–Trinajstić information content (AvgIpc) is 3.30. The van der Waals surface area contributed by atoms with E-state index in [1.165, 1.54) is 23.1 Å². The summed E-state index contributed by atoms with van der Waals surface area (Å²) in [5, 5.41) is 14.7. The van der Waals surface area contributed by atoms with Gasteiger partial charge in [-0.2, -0.15) is 9.78 Å². The van der Waals surface area contributed by atoms with Gasteiger partial charge in [0.15, 0.2) is 0 Å². The molecule has 1 saturated heterocycles. The number of carbonyl (C=O) groups is 3. The second-order valence-corrected chi connectivity index (χ2v) is 9.69. The van der Waals surface area contributed by atoms with Crippen LogP contribution in [0, 0.1) is 12.7 Å². The molecule has 0 radical (unpaired) electrons. The molecule has 4 aromatic rings. The van der Waals surface area contributed by atoms with Crippen LogP contribution in [0.25, 0.3) is 22.0 Å². The zero-order valence-corrected chi connectivity index (χ0v) is 21.9. The summed E-state index contributed by atoms with van der Waals surface area (Å²) in [5.41, 5.74) is 2.11. The Hall–Kier alpha value is -4.44. The first-order valence-corrected chi connectivity index (χ1v) is 12.5. The highest BCUT2D eigenvalue weighted by Crippen LogP contribution is 2.37. The minimum Gasteiger partial charge on any atom is -0.487 e. The molecule has 2 heterocycles. The first-order chi connectivity index (χ1) is 18.6. The lowest BCUT2D eigenvalue weighted by molar-refractivity contribution is -0.133. The number of carboxylic acid groups (broad SMARTS) is 1. The fraction of sp³-hybridized carbons (Fsp3) is 0.214. The Kier molecular flexibility index (Phi) is 6.96. The zero-order valence-electron chi connectivity index (χ0n) is 21.1. The number of para-hydroxylation sites is 1. The Balaban J connectivity index is 1.50. The number of hydrogen-bond donors (Lipinski definition) is 1. The summed E-state index contributed by atoms with van der Waals surface area (Å²) in [6.07, 6.45) is -1.23. The average molecular weight is 551 g/mol. The van der Waals surface area contributed by atoms with Gasteiger partial charge in [0.2, 0.25) is 5.91 Å². The van der Waals surface area contributed by atoms with E-state index >= 15 is 4.39 Å². The number of rotatable bonds is 5. The minimum atomic E-state index is -1.23. The number of fused-ring (bicyclic) bond motifs is 1. The molecule has 1 fully saturated rings. The van der Waals surface area contributed by atoms with E-state index in [-0.39, 0.29) is 41.8 Å². The van der Waals surface area contributed by atoms with Crippen LogP contribution >= 0.6 is 11.6 Å². The molecule has 200 valence electrons. The molecule has 1 aromatic heterocycles. The zero-order chi connectivity index (χ0) is 27.8. The molecular weight excluding hydrogens is 527 g/mol. The molecular formula is C28H24ClFN4O5. The lowest BCUT2D eigenvalue weighted by Crippen LogP contribution is -2.50. The quantitative estimate of drug-likeness (QED) is 0.382. The number of nitrogens with zero attached hydrogens (tertiary/aromatic N) is 4. The van der Waals surface area contributed by atoms with Crippen molar-refractivity contribution in [2.24, 2.45) is 0 Å². The second kappa shape index (κ2) is 10.4. The van der Waals surface area contributed by atoms with Crippen LogP contribution in [-0.2, 0) is 11.4 Å². The SMILES string of the molecule is Cc1cc(OCc2nn(C(=O)O)c3ccccc23)c(-c2cc(C(=O)N3CCN(C)C(=O)C3)ccc2F)cc1Cl. The van der Waals surface area contributed by atoms with Crippen LogP contribution in [0.2, 0.25) is 5.02 Å². The van der Waals surface area contributed by atoms with Crippen LogP contribution in [0.5, 0.6) is 5.75 Å². The predicted molar refractivity (Wildman–Crippen MR) is 143 cm³/mol. The number of carbonyl (C=O) groups excluding carboxylic acids is 2. The van der Waals surface area contributed by atoms with Gasteiger partial charge in [-0.1, -0.05) is 29.8 Å². The molecule has 1 N–H and O–H groups in total. The molecule has 2 amide bonds. The van der Waals surface area contributed by atoms with Gasteiger partial charge in [0.05, 0.1) is 5.52 Å². The highest BCUT2D eigenvalue weighted by molar-refractivity contribution is 6.31. The number of halogens is 2. The molecule has 1 aliphatic rings. The number of ether oxygens (including phenoxy) is 1. The lowest BCUT2D eigenvalue weighted by Gasteiger charge is -2.32. The Morgan fingerprint density at radius 1 is 1.10 bits per heavy atom. The third kappa shape index (κ3) is 5.03. The van der Waals surface area contributed by atoms with Gasteiger partial charge >= 0.3 is 6.09 Å². The fourth-order valence-corrected chi connectivity index (χ4v) is 4.66. The largest absolute Gasteiger partial charge is 0.487 e. The van der Waals surface area contributed by atoms with Crippen LogP contribution in [0.1, 0.15) is 21.6 Å². The van der Waals surface area contributed by atoms with Gasteiger partial charge in [-0.15, -0.1) is 0 Å². The van der Waals surface area contributed by atoms with Gasteiger partial charge in [0.25, 0.3) is 5.91 Å². The molecule has 9 nitrogen and oxygen atoms in total. The smallest absolute Gasteiger partial charge is 0.432 e. The molecule has 0 spiro atoms. The molecule has 39 heavy (non-hydrogen) atoms. The number of likely N-dealkylation sites (N-methyl/N-ethyl adjacent to an activating group) is 1. The first-order valence-electron chi connectivity index (χ1n) is 12.1. The topological polar surface area (TPSA) is 105 Å². The first kappa shape index (κ1) is 26.2. The Morgan fingerprint density at radius 2 is 1.87 bits per heavy atom. The van der Waals surface area contributed by atoms with Gasteiger partial charge in [0.1, 0.15) is 30.4 Å². The van der Waals surface area contributed by atoms with Crippen molar-refractivity contribution in [1.82, 2.24) is 19.6 Å². The van der Waals surface area contributed by atoms with Gasteiger partial charge in [-0.25, -0.2) is 9.18 Å². The summed E-state index contributed by atoms with van der Waals surface area (Å²) in [6, 6.07) is 14.1. The third-order valence-electron chi connectivity index (χ3n) is 6.72. The van der Waals surface area contributed by atoms with E-state index in [2.05, 4.69) is 5.10 Å². The Labute approximate surface area is 227 Å². The van der Waals surface area contributed by atoms with Gasteiger partial charge in [-0.05, 0) is 48.9 Å². The van der Waals surface area contributed by atoms with Gasteiger partial charge in [-0.3, -0.25) is 9.59 Å². The van der Waals surface area contributed by atoms with Crippen LogP contribution in [0.15, 0.2) is 54.6 Å². The van der Waals surface area contributed by atoms with Crippen LogP contribution in [0.4, 0.5) is 9.18 Å². The monoisotopic (exact) mass is 550 g/mol. The predicted octanol–water partition coefficient (Wildman–Crippen LogP) is 4.82. The molecule has 0 atom stereocenters. The van der Waals surface area contributed by atoms with Crippen LogP contribution in [0.3, 0.4) is 0 Å². The highest BCUT2D eigenvalue weighted by Gasteiger charge is 2.27. The molecule has 0 bridgehead atoms. The van der Waals surface area contributed by atoms with Gasteiger partial charge < -0.3 is 19.6 Å². The van der Waals surface area contributed by atoms with Crippen molar-refractivity contribution in [3.8, 4) is 16.9 Å². The number of benzene rings is 3. The standard InChI is InChI=1S/C28H24ClFN4O5/c1-16-11-25(39-15-23-18-5-3-4-6-24(18)34(31-23)28(37)38)20(13-21(16)29)19-12-17(7-8-22(19)30)27(36)33-10-9-32(2)26(35)14-33/h3-8,11-13H,9-10,14-15H2,1-2H3,(H,37,38). The molecule has 0 unspecified atom stereocenters. The van der Waals surface area contributed by atoms with E-state index < -0.39 is 11.9 Å². The van der Waals surface area contributed by atoms with E-state index in [9.17, 15) is 19.5 Å². The van der Waals surface area contributed by atoms with E-state index in [0.29, 0.717) is 45.8 Å². The molecule has 11 heteroatoms. The van der Waals surface area contributed by atoms with Crippen molar-refractivity contribution in [3.63, 3.8) is 0 Å². The summed E-state index contributed by atoms with van der Waals surface area (Å²) < 4.78 is 22.1. The number of amides is 2. The van der Waals surface area contributed by atoms with Crippen LogP contribution in [-0.4, -0.2) is 69.3 Å². The number of piperazine rings is 1. The van der Waals surface area contributed by atoms with E-state index in [1.807, 2.05) is 0 Å². The van der Waals surface area contributed by atoms with Crippen molar-refractivity contribution >= 4 is 40.4 Å².